The first-order chi connectivity index (χ1) is 16.6. The van der Waals surface area contributed by atoms with E-state index in [4.69, 9.17) is 16.3 Å². The van der Waals surface area contributed by atoms with Crippen LogP contribution in [0.3, 0.4) is 0 Å². The predicted molar refractivity (Wildman–Crippen MR) is 136 cm³/mol. The standard InChI is InChI=1S/C29H34ClNO4/c1-28(2,3)35-27(34)31-17-19-8-5-4-7-18(19)13-24(31)25(32)14-20-16-29(11-6-12-29)23-15-21(30)9-10-22(23)26(20)33/h4-5,7-10,15,20,24-25,32H,6,11-14,16-17H2,1-3H3/t20?,24-,25+/m0/s1. The topological polar surface area (TPSA) is 66.8 Å². The third kappa shape index (κ3) is 4.61. The van der Waals surface area contributed by atoms with Crippen molar-refractivity contribution in [3.05, 3.63) is 69.7 Å². The molecule has 1 aliphatic heterocycles. The summed E-state index contributed by atoms with van der Waals surface area (Å²) < 4.78 is 5.70. The molecule has 1 fully saturated rings. The van der Waals surface area contributed by atoms with Gasteiger partial charge in [0, 0.05) is 23.0 Å². The molecular weight excluding hydrogens is 462 g/mol. The van der Waals surface area contributed by atoms with Gasteiger partial charge in [0.05, 0.1) is 12.1 Å². The quantitative estimate of drug-likeness (QED) is 0.560. The molecule has 2 aliphatic carbocycles. The molecule has 0 radical (unpaired) electrons. The van der Waals surface area contributed by atoms with E-state index in [1.54, 1.807) is 11.0 Å². The van der Waals surface area contributed by atoms with Crippen molar-refractivity contribution in [3.8, 4) is 0 Å². The maximum absolute atomic E-state index is 13.5. The second-order valence-electron chi connectivity index (χ2n) is 11.5. The number of benzene rings is 2. The summed E-state index contributed by atoms with van der Waals surface area (Å²) in [7, 11) is 0. The van der Waals surface area contributed by atoms with Crippen LogP contribution in [-0.2, 0) is 23.1 Å². The van der Waals surface area contributed by atoms with Gasteiger partial charge in [-0.05, 0) is 93.2 Å². The third-order valence-electron chi connectivity index (χ3n) is 8.02. The fourth-order valence-electron chi connectivity index (χ4n) is 6.19. The zero-order valence-electron chi connectivity index (χ0n) is 20.7. The van der Waals surface area contributed by atoms with E-state index in [0.717, 1.165) is 47.9 Å². The van der Waals surface area contributed by atoms with Crippen molar-refractivity contribution in [2.24, 2.45) is 5.92 Å². The molecule has 2 aromatic carbocycles. The number of halogens is 1. The van der Waals surface area contributed by atoms with Crippen molar-refractivity contribution < 1.29 is 19.4 Å². The lowest BCUT2D eigenvalue weighted by molar-refractivity contribution is -0.0178. The van der Waals surface area contributed by atoms with Gasteiger partial charge in [-0.3, -0.25) is 9.69 Å². The summed E-state index contributed by atoms with van der Waals surface area (Å²) in [6.07, 6.45) is 3.55. The van der Waals surface area contributed by atoms with Crippen molar-refractivity contribution in [3.63, 3.8) is 0 Å². The zero-order chi connectivity index (χ0) is 25.0. The predicted octanol–water partition coefficient (Wildman–Crippen LogP) is 6.08. The number of ketones is 1. The van der Waals surface area contributed by atoms with Crippen molar-refractivity contribution in [1.29, 1.82) is 0 Å². The second kappa shape index (κ2) is 8.94. The van der Waals surface area contributed by atoms with E-state index in [-0.39, 0.29) is 17.1 Å². The van der Waals surface area contributed by atoms with Crippen LogP contribution in [-0.4, -0.2) is 39.6 Å². The number of carbonyl (C=O) groups is 2. The first kappa shape index (κ1) is 24.3. The van der Waals surface area contributed by atoms with Gasteiger partial charge in [0.25, 0.3) is 0 Å². The van der Waals surface area contributed by atoms with Gasteiger partial charge >= 0.3 is 6.09 Å². The molecule has 3 aliphatic rings. The maximum atomic E-state index is 13.5. The molecule has 1 unspecified atom stereocenters. The molecule has 1 amide bonds. The molecule has 0 bridgehead atoms. The number of hydrogen-bond donors (Lipinski definition) is 1. The van der Waals surface area contributed by atoms with Crippen LogP contribution < -0.4 is 0 Å². The van der Waals surface area contributed by atoms with Gasteiger partial charge in [0.15, 0.2) is 5.78 Å². The van der Waals surface area contributed by atoms with E-state index < -0.39 is 23.8 Å². The molecule has 1 spiro atoms. The molecule has 0 aromatic heterocycles. The second-order valence-corrected chi connectivity index (χ2v) is 12.0. The molecule has 1 N–H and O–H groups in total. The highest BCUT2D eigenvalue weighted by Crippen LogP contribution is 2.54. The number of rotatable bonds is 3. The number of Topliss-reactive ketones (excluding diaryl/α,β-unsaturated/α-hetero) is 1. The molecule has 0 saturated heterocycles. The number of hydrogen-bond acceptors (Lipinski definition) is 4. The molecule has 186 valence electrons. The minimum Gasteiger partial charge on any atom is -0.444 e. The van der Waals surface area contributed by atoms with Crippen LogP contribution in [0.2, 0.25) is 5.02 Å². The van der Waals surface area contributed by atoms with E-state index in [0.29, 0.717) is 24.4 Å². The van der Waals surface area contributed by atoms with Gasteiger partial charge in [-0.1, -0.05) is 42.3 Å². The Kier molecular flexibility index (Phi) is 6.21. The highest BCUT2D eigenvalue weighted by molar-refractivity contribution is 6.30. The Balaban J connectivity index is 1.41. The largest absolute Gasteiger partial charge is 0.444 e. The number of amides is 1. The minimum atomic E-state index is -0.837. The number of carbonyl (C=O) groups excluding carboxylic acids is 2. The average molecular weight is 496 g/mol. The minimum absolute atomic E-state index is 0.0253. The summed E-state index contributed by atoms with van der Waals surface area (Å²) in [5.74, 6) is -0.204. The molecule has 1 heterocycles. The summed E-state index contributed by atoms with van der Waals surface area (Å²) in [5.41, 5.74) is 3.36. The zero-order valence-corrected chi connectivity index (χ0v) is 21.5. The number of aliphatic hydroxyl groups excluding tert-OH is 1. The fraction of sp³-hybridized carbons (Fsp3) is 0.517. The summed E-state index contributed by atoms with van der Waals surface area (Å²) in [4.78, 5) is 28.3. The number of nitrogens with zero attached hydrogens (tertiary/aromatic N) is 1. The molecular formula is C29H34ClNO4. The van der Waals surface area contributed by atoms with E-state index in [1.165, 1.54) is 0 Å². The van der Waals surface area contributed by atoms with E-state index in [9.17, 15) is 14.7 Å². The Morgan fingerprint density at radius 2 is 1.91 bits per heavy atom. The van der Waals surface area contributed by atoms with E-state index in [2.05, 4.69) is 6.07 Å². The number of aliphatic hydroxyl groups is 1. The van der Waals surface area contributed by atoms with Crippen LogP contribution >= 0.6 is 11.6 Å². The SMILES string of the molecule is CC(C)(C)OC(=O)N1Cc2ccccc2C[C@H]1[C@H](O)CC1CC2(CCC2)c2cc(Cl)ccc2C1=O. The van der Waals surface area contributed by atoms with Crippen molar-refractivity contribution in [1.82, 2.24) is 4.90 Å². The lowest BCUT2D eigenvalue weighted by Crippen LogP contribution is -2.53. The van der Waals surface area contributed by atoms with Crippen LogP contribution in [0.4, 0.5) is 4.79 Å². The van der Waals surface area contributed by atoms with Crippen LogP contribution in [0.15, 0.2) is 42.5 Å². The Morgan fingerprint density at radius 3 is 2.57 bits per heavy atom. The van der Waals surface area contributed by atoms with Gasteiger partial charge in [-0.15, -0.1) is 0 Å². The van der Waals surface area contributed by atoms with Gasteiger partial charge in [-0.25, -0.2) is 4.79 Å². The lowest BCUT2D eigenvalue weighted by atomic mass is 9.55. The first-order valence-electron chi connectivity index (χ1n) is 12.6. The van der Waals surface area contributed by atoms with Gasteiger partial charge in [-0.2, -0.15) is 0 Å². The van der Waals surface area contributed by atoms with Gasteiger partial charge in [0.2, 0.25) is 0 Å². The van der Waals surface area contributed by atoms with Crippen molar-refractivity contribution in [2.45, 2.75) is 89.0 Å². The fourth-order valence-corrected chi connectivity index (χ4v) is 6.36. The molecule has 5 rings (SSSR count). The molecule has 5 nitrogen and oxygen atoms in total. The molecule has 1 saturated carbocycles. The molecule has 6 heteroatoms. The molecule has 3 atom stereocenters. The molecule has 2 aromatic rings. The van der Waals surface area contributed by atoms with E-state index in [1.807, 2.05) is 51.1 Å². The summed E-state index contributed by atoms with van der Waals surface area (Å²) in [6, 6.07) is 13.2. The smallest absolute Gasteiger partial charge is 0.410 e. The lowest BCUT2D eigenvalue weighted by Gasteiger charge is -2.49. The van der Waals surface area contributed by atoms with Crippen molar-refractivity contribution in [2.75, 3.05) is 0 Å². The van der Waals surface area contributed by atoms with Crippen LogP contribution in [0.1, 0.15) is 79.9 Å². The summed E-state index contributed by atoms with van der Waals surface area (Å²) in [6.45, 7) is 5.92. The van der Waals surface area contributed by atoms with Gasteiger partial charge in [0.1, 0.15) is 5.60 Å². The average Bonchev–Trinajstić information content (AvgIpc) is 2.77. The normalized spacial score (nSPS) is 23.8. The molecule has 35 heavy (non-hydrogen) atoms. The monoisotopic (exact) mass is 495 g/mol. The highest BCUT2D eigenvalue weighted by Gasteiger charge is 2.49. The van der Waals surface area contributed by atoms with Crippen LogP contribution in [0, 0.1) is 5.92 Å². The Hall–Kier alpha value is -2.37. The van der Waals surface area contributed by atoms with Crippen molar-refractivity contribution >= 4 is 23.5 Å². The Bertz CT molecular complexity index is 1150. The van der Waals surface area contributed by atoms with E-state index >= 15 is 0 Å². The first-order valence-corrected chi connectivity index (χ1v) is 13.0. The number of ether oxygens (including phenoxy) is 1. The summed E-state index contributed by atoms with van der Waals surface area (Å²) >= 11 is 6.29. The Morgan fingerprint density at radius 1 is 1.20 bits per heavy atom. The Labute approximate surface area is 212 Å². The summed E-state index contributed by atoms with van der Waals surface area (Å²) in [5, 5.41) is 12.2. The van der Waals surface area contributed by atoms with Crippen LogP contribution in [0.25, 0.3) is 0 Å². The maximum Gasteiger partial charge on any atom is 0.410 e. The van der Waals surface area contributed by atoms with Gasteiger partial charge < -0.3 is 9.84 Å². The number of fused-ring (bicyclic) bond motifs is 3. The highest BCUT2D eigenvalue weighted by atomic mass is 35.5. The van der Waals surface area contributed by atoms with Crippen LogP contribution in [0.5, 0.6) is 0 Å². The third-order valence-corrected chi connectivity index (χ3v) is 8.26.